The fourth-order valence-electron chi connectivity index (χ4n) is 3.31. The predicted molar refractivity (Wildman–Crippen MR) is 134 cm³/mol. The molecular weight excluding hydrogens is 472 g/mol. The Kier molecular flexibility index (Phi) is 10.3. The molecule has 1 heterocycles. The summed E-state index contributed by atoms with van der Waals surface area (Å²) in [5.41, 5.74) is 4.11. The maximum absolute atomic E-state index is 12.2. The van der Waals surface area contributed by atoms with Gasteiger partial charge in [-0.05, 0) is 36.7 Å². The van der Waals surface area contributed by atoms with Crippen LogP contribution in [-0.4, -0.2) is 61.6 Å². The minimum absolute atomic E-state index is 0.0964. The number of nitrogens with one attached hydrogen (secondary N) is 3. The van der Waals surface area contributed by atoms with E-state index >= 15 is 0 Å². The number of hydrazone groups is 1. The van der Waals surface area contributed by atoms with Crippen LogP contribution in [0.4, 0.5) is 0 Å². The van der Waals surface area contributed by atoms with Crippen molar-refractivity contribution in [1.29, 1.82) is 0 Å². The van der Waals surface area contributed by atoms with Gasteiger partial charge in [-0.25, -0.2) is 5.43 Å². The Bertz CT molecular complexity index is 1030. The number of aliphatic hydroxyl groups is 1. The van der Waals surface area contributed by atoms with Crippen LogP contribution in [0.2, 0.25) is 5.02 Å². The molecule has 9 nitrogen and oxygen atoms in total. The van der Waals surface area contributed by atoms with Crippen molar-refractivity contribution in [3.63, 3.8) is 0 Å². The molecule has 10 heteroatoms. The summed E-state index contributed by atoms with van der Waals surface area (Å²) in [4.78, 5) is 23.4. The van der Waals surface area contributed by atoms with Gasteiger partial charge in [0.25, 0.3) is 5.91 Å². The molecule has 2 aromatic carbocycles. The van der Waals surface area contributed by atoms with Crippen LogP contribution in [-0.2, 0) is 9.59 Å². The Morgan fingerprint density at radius 3 is 2.74 bits per heavy atom. The van der Waals surface area contributed by atoms with Crippen LogP contribution in [0.1, 0.15) is 25.3 Å². The van der Waals surface area contributed by atoms with Crippen molar-refractivity contribution >= 4 is 29.1 Å². The van der Waals surface area contributed by atoms with E-state index in [1.807, 2.05) is 31.2 Å². The van der Waals surface area contributed by atoms with Crippen molar-refractivity contribution in [2.45, 2.75) is 25.9 Å². The highest BCUT2D eigenvalue weighted by Crippen LogP contribution is 2.23. The molecule has 0 saturated heterocycles. The van der Waals surface area contributed by atoms with Gasteiger partial charge in [-0.1, -0.05) is 42.8 Å². The largest absolute Gasteiger partial charge is 0.489 e. The minimum Gasteiger partial charge on any atom is -0.489 e. The lowest BCUT2D eigenvalue weighted by atomic mass is 10.0. The van der Waals surface area contributed by atoms with E-state index < -0.39 is 6.10 Å². The second kappa shape index (κ2) is 13.7. The summed E-state index contributed by atoms with van der Waals surface area (Å²) in [6.07, 6.45) is 0.273. The fourth-order valence-corrected chi connectivity index (χ4v) is 3.50. The van der Waals surface area contributed by atoms with Gasteiger partial charge in [0.15, 0.2) is 6.61 Å². The topological polar surface area (TPSA) is 121 Å². The van der Waals surface area contributed by atoms with Crippen LogP contribution < -0.4 is 25.5 Å². The van der Waals surface area contributed by atoms with E-state index in [1.165, 1.54) is 0 Å². The molecule has 0 fully saturated rings. The molecule has 0 saturated carbocycles. The van der Waals surface area contributed by atoms with Gasteiger partial charge in [-0.3, -0.25) is 9.59 Å². The Hall–Kier alpha value is -3.14. The van der Waals surface area contributed by atoms with Crippen LogP contribution in [0.15, 0.2) is 53.6 Å². The van der Waals surface area contributed by atoms with E-state index in [-0.39, 0.29) is 30.9 Å². The first kappa shape index (κ1) is 26.5. The van der Waals surface area contributed by atoms with Crippen molar-refractivity contribution < 1.29 is 24.2 Å². The SMILES string of the molecule is CC(CNCC(O)COc1ccccc1Cl)CNC(=O)COc1cccc(C2=NNC(=O)CC2)c1. The van der Waals surface area contributed by atoms with Crippen LogP contribution in [0.3, 0.4) is 0 Å². The van der Waals surface area contributed by atoms with Crippen molar-refractivity contribution in [3.05, 3.63) is 59.1 Å². The maximum atomic E-state index is 12.2. The van der Waals surface area contributed by atoms with E-state index in [1.54, 1.807) is 24.3 Å². The van der Waals surface area contributed by atoms with Gasteiger partial charge in [0.1, 0.15) is 24.2 Å². The normalized spacial score (nSPS) is 14.9. The summed E-state index contributed by atoms with van der Waals surface area (Å²) in [6.45, 7) is 3.46. The number of ether oxygens (including phenoxy) is 2. The van der Waals surface area contributed by atoms with Gasteiger partial charge in [0, 0.05) is 31.5 Å². The molecule has 0 radical (unpaired) electrons. The lowest BCUT2D eigenvalue weighted by Gasteiger charge is -2.17. The summed E-state index contributed by atoms with van der Waals surface area (Å²) in [7, 11) is 0. The first-order valence-electron chi connectivity index (χ1n) is 11.5. The summed E-state index contributed by atoms with van der Waals surface area (Å²) in [5, 5.41) is 20.7. The van der Waals surface area contributed by atoms with Crippen molar-refractivity contribution in [3.8, 4) is 11.5 Å². The number of para-hydroxylation sites is 1. The quantitative estimate of drug-likeness (QED) is 0.333. The average Bonchev–Trinajstić information content (AvgIpc) is 2.86. The minimum atomic E-state index is -0.687. The molecule has 2 amide bonds. The standard InChI is InChI=1S/C25H31ClN4O5/c1-17(12-27-14-19(31)15-35-23-8-3-2-7-21(23)26)13-28-25(33)16-34-20-6-4-5-18(11-20)22-9-10-24(32)30-29-22/h2-8,11,17,19,27,31H,9-10,12-16H2,1H3,(H,28,33)(H,30,32). The first-order valence-corrected chi connectivity index (χ1v) is 11.9. The molecule has 0 bridgehead atoms. The van der Waals surface area contributed by atoms with E-state index in [0.29, 0.717) is 49.0 Å². The van der Waals surface area contributed by atoms with Gasteiger partial charge in [-0.15, -0.1) is 0 Å². The third-order valence-corrected chi connectivity index (χ3v) is 5.54. The molecule has 1 aliphatic heterocycles. The Balaban J connectivity index is 1.29. The summed E-state index contributed by atoms with van der Waals surface area (Å²) >= 11 is 6.03. The first-order chi connectivity index (χ1) is 16.9. The molecule has 0 spiro atoms. The van der Waals surface area contributed by atoms with Gasteiger partial charge in [0.2, 0.25) is 5.91 Å². The number of halogens is 1. The highest BCUT2D eigenvalue weighted by Gasteiger charge is 2.14. The Morgan fingerprint density at radius 1 is 1.14 bits per heavy atom. The Morgan fingerprint density at radius 2 is 1.97 bits per heavy atom. The number of carbonyl (C=O) groups is 2. The number of aliphatic hydroxyl groups excluding tert-OH is 1. The number of benzene rings is 2. The zero-order valence-electron chi connectivity index (χ0n) is 19.6. The summed E-state index contributed by atoms with van der Waals surface area (Å²) in [6, 6.07) is 14.4. The number of amides is 2. The molecule has 3 rings (SSSR count). The molecule has 2 unspecified atom stereocenters. The molecule has 0 aromatic heterocycles. The molecule has 1 aliphatic rings. The number of hydrogen-bond donors (Lipinski definition) is 4. The van der Waals surface area contributed by atoms with Gasteiger partial charge < -0.3 is 25.2 Å². The van der Waals surface area contributed by atoms with Crippen LogP contribution in [0.25, 0.3) is 0 Å². The van der Waals surface area contributed by atoms with E-state index in [0.717, 1.165) is 11.3 Å². The Labute approximate surface area is 209 Å². The molecule has 2 aromatic rings. The molecule has 35 heavy (non-hydrogen) atoms. The zero-order valence-corrected chi connectivity index (χ0v) is 20.4. The summed E-state index contributed by atoms with van der Waals surface area (Å²) < 4.78 is 11.1. The highest BCUT2D eigenvalue weighted by atomic mass is 35.5. The second-order valence-electron chi connectivity index (χ2n) is 8.37. The van der Waals surface area contributed by atoms with E-state index in [2.05, 4.69) is 21.2 Å². The maximum Gasteiger partial charge on any atom is 0.257 e. The summed E-state index contributed by atoms with van der Waals surface area (Å²) in [5.74, 6) is 0.923. The second-order valence-corrected chi connectivity index (χ2v) is 8.78. The van der Waals surface area contributed by atoms with Crippen molar-refractivity contribution in [1.82, 2.24) is 16.1 Å². The third-order valence-electron chi connectivity index (χ3n) is 5.23. The van der Waals surface area contributed by atoms with E-state index in [9.17, 15) is 14.7 Å². The zero-order chi connectivity index (χ0) is 25.0. The van der Waals surface area contributed by atoms with Crippen LogP contribution in [0, 0.1) is 5.92 Å². The highest BCUT2D eigenvalue weighted by molar-refractivity contribution is 6.32. The third kappa shape index (κ3) is 9.20. The van der Waals surface area contributed by atoms with Crippen molar-refractivity contribution in [2.75, 3.05) is 32.8 Å². The monoisotopic (exact) mass is 502 g/mol. The van der Waals surface area contributed by atoms with Gasteiger partial charge >= 0.3 is 0 Å². The number of hydrogen-bond acceptors (Lipinski definition) is 7. The molecule has 2 atom stereocenters. The molecule has 0 aliphatic carbocycles. The molecular formula is C25H31ClN4O5. The average molecular weight is 503 g/mol. The number of carbonyl (C=O) groups excluding carboxylic acids is 2. The lowest BCUT2D eigenvalue weighted by Crippen LogP contribution is -2.38. The van der Waals surface area contributed by atoms with Crippen LogP contribution in [0.5, 0.6) is 11.5 Å². The predicted octanol–water partition coefficient (Wildman–Crippen LogP) is 2.11. The van der Waals surface area contributed by atoms with E-state index in [4.69, 9.17) is 21.1 Å². The molecule has 4 N–H and O–H groups in total. The molecule has 188 valence electrons. The van der Waals surface area contributed by atoms with Crippen LogP contribution >= 0.6 is 11.6 Å². The smallest absolute Gasteiger partial charge is 0.257 e. The van der Waals surface area contributed by atoms with Gasteiger partial charge in [0.05, 0.1) is 10.7 Å². The van der Waals surface area contributed by atoms with Gasteiger partial charge in [-0.2, -0.15) is 5.10 Å². The van der Waals surface area contributed by atoms with Crippen molar-refractivity contribution in [2.24, 2.45) is 11.0 Å². The number of nitrogens with zero attached hydrogens (tertiary/aromatic N) is 1. The lowest BCUT2D eigenvalue weighted by molar-refractivity contribution is -0.123. The number of rotatable bonds is 13. The fraction of sp³-hybridized carbons (Fsp3) is 0.400.